The number of amides is 1. The van der Waals surface area contributed by atoms with Gasteiger partial charge in [-0.25, -0.2) is 4.98 Å². The quantitative estimate of drug-likeness (QED) is 0.829. The Bertz CT molecular complexity index is 344. The van der Waals surface area contributed by atoms with E-state index in [1.807, 2.05) is 24.6 Å². The molecule has 4 nitrogen and oxygen atoms in total. The molecule has 1 aromatic rings. The Morgan fingerprint density at radius 1 is 1.50 bits per heavy atom. The number of carbonyl (C=O) groups is 1. The van der Waals surface area contributed by atoms with Crippen LogP contribution >= 0.6 is 0 Å². The number of nitrogens with one attached hydrogen (secondary N) is 1. The fraction of sp³-hybridized carbons (Fsp3) is 0.667. The zero-order chi connectivity index (χ0) is 12.1. The summed E-state index contributed by atoms with van der Waals surface area (Å²) in [5.74, 6) is 1.54. The van der Waals surface area contributed by atoms with E-state index in [-0.39, 0.29) is 11.9 Å². The minimum atomic E-state index is -0.185. The number of hydrogen-bond acceptors (Lipinski definition) is 2. The van der Waals surface area contributed by atoms with Crippen molar-refractivity contribution in [3.8, 4) is 0 Å². The minimum absolute atomic E-state index is 0.0572. The fourth-order valence-corrected chi connectivity index (χ4v) is 1.55. The van der Waals surface area contributed by atoms with Gasteiger partial charge >= 0.3 is 0 Å². The van der Waals surface area contributed by atoms with Gasteiger partial charge in [0.25, 0.3) is 0 Å². The van der Waals surface area contributed by atoms with E-state index in [1.54, 1.807) is 6.20 Å². The summed E-state index contributed by atoms with van der Waals surface area (Å²) in [6.45, 7) is 8.83. The largest absolute Gasteiger partial charge is 0.354 e. The third kappa shape index (κ3) is 3.36. The molecule has 1 N–H and O–H groups in total. The van der Waals surface area contributed by atoms with Crippen LogP contribution in [0, 0.1) is 12.8 Å². The monoisotopic (exact) mass is 223 g/mol. The predicted molar refractivity (Wildman–Crippen MR) is 64.1 cm³/mol. The maximum Gasteiger partial charge on any atom is 0.242 e. The Balaban J connectivity index is 2.46. The van der Waals surface area contributed by atoms with E-state index in [1.165, 1.54) is 0 Å². The highest BCUT2D eigenvalue weighted by Crippen LogP contribution is 2.08. The van der Waals surface area contributed by atoms with Gasteiger partial charge in [0, 0.05) is 18.9 Å². The summed E-state index contributed by atoms with van der Waals surface area (Å²) in [4.78, 5) is 15.9. The Morgan fingerprint density at radius 3 is 2.69 bits per heavy atom. The van der Waals surface area contributed by atoms with E-state index < -0.39 is 0 Å². The Labute approximate surface area is 97.1 Å². The molecular weight excluding hydrogens is 202 g/mol. The third-order valence-corrected chi connectivity index (χ3v) is 2.68. The number of carbonyl (C=O) groups excluding carboxylic acids is 1. The summed E-state index contributed by atoms with van der Waals surface area (Å²) in [5, 5.41) is 2.94. The van der Waals surface area contributed by atoms with Crippen LogP contribution in [-0.4, -0.2) is 22.0 Å². The number of aryl methyl sites for hydroxylation is 1. The summed E-state index contributed by atoms with van der Waals surface area (Å²) in [7, 11) is 0. The van der Waals surface area contributed by atoms with Gasteiger partial charge in [-0.05, 0) is 26.2 Å². The number of hydrogen-bond donors (Lipinski definition) is 1. The lowest BCUT2D eigenvalue weighted by molar-refractivity contribution is -0.123. The van der Waals surface area contributed by atoms with E-state index in [9.17, 15) is 4.79 Å². The van der Waals surface area contributed by atoms with Gasteiger partial charge < -0.3 is 9.88 Å². The molecule has 1 atom stereocenters. The van der Waals surface area contributed by atoms with Crippen LogP contribution < -0.4 is 5.32 Å². The second kappa shape index (κ2) is 5.68. The van der Waals surface area contributed by atoms with Gasteiger partial charge in [0.05, 0.1) is 0 Å². The molecule has 1 aromatic heterocycles. The van der Waals surface area contributed by atoms with E-state index in [0.29, 0.717) is 5.92 Å². The molecule has 0 bridgehead atoms. The maximum atomic E-state index is 11.8. The molecule has 0 fully saturated rings. The second-order valence-corrected chi connectivity index (χ2v) is 4.53. The number of nitrogens with zero attached hydrogens (tertiary/aromatic N) is 2. The van der Waals surface area contributed by atoms with Crippen LogP contribution in [0.3, 0.4) is 0 Å². The van der Waals surface area contributed by atoms with Crippen LogP contribution in [0.25, 0.3) is 0 Å². The topological polar surface area (TPSA) is 46.9 Å². The van der Waals surface area contributed by atoms with Crippen molar-refractivity contribution in [1.29, 1.82) is 0 Å². The molecule has 0 aliphatic carbocycles. The molecular formula is C12H21N3O. The van der Waals surface area contributed by atoms with Gasteiger partial charge in [0.2, 0.25) is 5.91 Å². The average molecular weight is 223 g/mol. The maximum absolute atomic E-state index is 11.8. The smallest absolute Gasteiger partial charge is 0.242 e. The van der Waals surface area contributed by atoms with Gasteiger partial charge in [0.1, 0.15) is 11.9 Å². The molecule has 90 valence electrons. The van der Waals surface area contributed by atoms with Crippen molar-refractivity contribution in [2.45, 2.75) is 40.2 Å². The first-order chi connectivity index (χ1) is 7.52. The van der Waals surface area contributed by atoms with Crippen molar-refractivity contribution in [2.24, 2.45) is 5.92 Å². The number of aromatic nitrogens is 2. The van der Waals surface area contributed by atoms with Crippen molar-refractivity contribution >= 4 is 5.91 Å². The third-order valence-electron chi connectivity index (χ3n) is 2.68. The fourth-order valence-electron chi connectivity index (χ4n) is 1.55. The lowest BCUT2D eigenvalue weighted by Crippen LogP contribution is -2.32. The molecule has 0 radical (unpaired) electrons. The molecule has 1 heterocycles. The van der Waals surface area contributed by atoms with E-state index in [2.05, 4.69) is 24.1 Å². The van der Waals surface area contributed by atoms with Crippen LogP contribution in [0.5, 0.6) is 0 Å². The molecule has 1 amide bonds. The van der Waals surface area contributed by atoms with Crippen LogP contribution in [0.4, 0.5) is 0 Å². The highest BCUT2D eigenvalue weighted by molar-refractivity contribution is 5.79. The van der Waals surface area contributed by atoms with Gasteiger partial charge in [-0.3, -0.25) is 4.79 Å². The highest BCUT2D eigenvalue weighted by Gasteiger charge is 2.15. The lowest BCUT2D eigenvalue weighted by atomic mass is 10.1. The SMILES string of the molecule is Cc1nccn1C(C)C(=O)NCCC(C)C. The van der Waals surface area contributed by atoms with Crippen LogP contribution in [0.2, 0.25) is 0 Å². The molecule has 0 saturated carbocycles. The van der Waals surface area contributed by atoms with Crippen LogP contribution in [-0.2, 0) is 4.79 Å². The molecule has 4 heteroatoms. The van der Waals surface area contributed by atoms with Gasteiger partial charge in [-0.1, -0.05) is 13.8 Å². The number of rotatable bonds is 5. The van der Waals surface area contributed by atoms with Crippen LogP contribution in [0.1, 0.15) is 39.1 Å². The molecule has 0 aromatic carbocycles. The zero-order valence-corrected chi connectivity index (χ0v) is 10.5. The summed E-state index contributed by atoms with van der Waals surface area (Å²) < 4.78 is 1.88. The summed E-state index contributed by atoms with van der Waals surface area (Å²) >= 11 is 0. The van der Waals surface area contributed by atoms with E-state index >= 15 is 0 Å². The highest BCUT2D eigenvalue weighted by atomic mass is 16.2. The van der Waals surface area contributed by atoms with Gasteiger partial charge in [0.15, 0.2) is 0 Å². The van der Waals surface area contributed by atoms with Crippen molar-refractivity contribution in [1.82, 2.24) is 14.9 Å². The van der Waals surface area contributed by atoms with Gasteiger partial charge in [-0.15, -0.1) is 0 Å². The summed E-state index contributed by atoms with van der Waals surface area (Å²) in [6.07, 6.45) is 4.57. The Kier molecular flexibility index (Phi) is 4.52. The lowest BCUT2D eigenvalue weighted by Gasteiger charge is -2.15. The van der Waals surface area contributed by atoms with Crippen LogP contribution in [0.15, 0.2) is 12.4 Å². The predicted octanol–water partition coefficient (Wildman–Crippen LogP) is 1.91. The zero-order valence-electron chi connectivity index (χ0n) is 10.5. The van der Waals surface area contributed by atoms with E-state index in [4.69, 9.17) is 0 Å². The summed E-state index contributed by atoms with van der Waals surface area (Å²) in [5.41, 5.74) is 0. The normalized spacial score (nSPS) is 12.8. The molecule has 0 aliphatic rings. The van der Waals surface area contributed by atoms with E-state index in [0.717, 1.165) is 18.8 Å². The van der Waals surface area contributed by atoms with Gasteiger partial charge in [-0.2, -0.15) is 0 Å². The number of imidazole rings is 1. The minimum Gasteiger partial charge on any atom is -0.354 e. The molecule has 1 rings (SSSR count). The molecule has 1 unspecified atom stereocenters. The molecule has 0 aliphatic heterocycles. The average Bonchev–Trinajstić information content (AvgIpc) is 2.62. The molecule has 0 saturated heterocycles. The van der Waals surface area contributed by atoms with Crippen molar-refractivity contribution in [3.05, 3.63) is 18.2 Å². The van der Waals surface area contributed by atoms with Crippen molar-refractivity contribution in [3.63, 3.8) is 0 Å². The first kappa shape index (κ1) is 12.7. The molecule has 16 heavy (non-hydrogen) atoms. The molecule has 0 spiro atoms. The van der Waals surface area contributed by atoms with Crippen molar-refractivity contribution < 1.29 is 4.79 Å². The first-order valence-electron chi connectivity index (χ1n) is 5.79. The Morgan fingerprint density at radius 2 is 2.19 bits per heavy atom. The Hall–Kier alpha value is -1.32. The standard InChI is InChI=1S/C12H21N3O/c1-9(2)5-6-14-12(16)10(3)15-8-7-13-11(15)4/h7-10H,5-6H2,1-4H3,(H,14,16). The summed E-state index contributed by atoms with van der Waals surface area (Å²) in [6, 6.07) is -0.185. The van der Waals surface area contributed by atoms with Crippen molar-refractivity contribution in [2.75, 3.05) is 6.54 Å². The second-order valence-electron chi connectivity index (χ2n) is 4.53. The first-order valence-corrected chi connectivity index (χ1v) is 5.79.